The van der Waals surface area contributed by atoms with E-state index in [1.165, 1.54) is 36.1 Å². The quantitative estimate of drug-likeness (QED) is 0.494. The monoisotopic (exact) mass is 333 g/mol. The molecular formula is C16H20BrN3. The molecule has 1 heterocycles. The van der Waals surface area contributed by atoms with Crippen molar-refractivity contribution in [2.75, 3.05) is 5.43 Å². The Morgan fingerprint density at radius 2 is 2.05 bits per heavy atom. The summed E-state index contributed by atoms with van der Waals surface area (Å²) in [6, 6.07) is 4.29. The van der Waals surface area contributed by atoms with Crippen molar-refractivity contribution in [3.8, 4) is 0 Å². The second-order valence-electron chi connectivity index (χ2n) is 5.43. The van der Waals surface area contributed by atoms with Crippen LogP contribution < -0.4 is 11.3 Å². The maximum Gasteiger partial charge on any atom is 0.0759 e. The summed E-state index contributed by atoms with van der Waals surface area (Å²) in [5.41, 5.74) is 8.95. The Balaban J connectivity index is 2.35. The Labute approximate surface area is 128 Å². The van der Waals surface area contributed by atoms with E-state index in [1.54, 1.807) is 0 Å². The van der Waals surface area contributed by atoms with Gasteiger partial charge in [0.05, 0.1) is 11.2 Å². The first-order valence-electron chi connectivity index (χ1n) is 7.35. The highest BCUT2D eigenvalue weighted by molar-refractivity contribution is 9.10. The number of anilines is 1. The molecule has 0 fully saturated rings. The summed E-state index contributed by atoms with van der Waals surface area (Å²) in [5.74, 6) is 5.84. The molecule has 0 bridgehead atoms. The fourth-order valence-electron chi connectivity index (χ4n) is 3.17. The number of halogens is 1. The van der Waals surface area contributed by atoms with E-state index in [0.717, 1.165) is 40.3 Å². The van der Waals surface area contributed by atoms with Gasteiger partial charge in [0, 0.05) is 15.6 Å². The topological polar surface area (TPSA) is 50.9 Å². The van der Waals surface area contributed by atoms with Gasteiger partial charge in [-0.25, -0.2) is 0 Å². The number of rotatable bonds is 2. The minimum Gasteiger partial charge on any atom is -0.323 e. The number of pyridine rings is 1. The van der Waals surface area contributed by atoms with Crippen molar-refractivity contribution >= 4 is 32.5 Å². The van der Waals surface area contributed by atoms with Crippen LogP contribution in [0.1, 0.15) is 43.0 Å². The number of fused-ring (bicyclic) bond motifs is 2. The van der Waals surface area contributed by atoms with Gasteiger partial charge in [0.2, 0.25) is 0 Å². The molecule has 106 valence electrons. The number of nitrogen functional groups attached to an aromatic ring is 1. The largest absolute Gasteiger partial charge is 0.323 e. The van der Waals surface area contributed by atoms with Crippen LogP contribution in [0.4, 0.5) is 5.69 Å². The van der Waals surface area contributed by atoms with Crippen molar-refractivity contribution in [2.45, 2.75) is 45.4 Å². The van der Waals surface area contributed by atoms with E-state index in [9.17, 15) is 0 Å². The van der Waals surface area contributed by atoms with E-state index in [2.05, 4.69) is 40.4 Å². The average Bonchev–Trinajstić information content (AvgIpc) is 2.69. The Bertz CT molecular complexity index is 652. The van der Waals surface area contributed by atoms with Gasteiger partial charge in [-0.05, 0) is 55.4 Å². The van der Waals surface area contributed by atoms with Gasteiger partial charge in [0.1, 0.15) is 0 Å². The van der Waals surface area contributed by atoms with Crippen LogP contribution in [0.15, 0.2) is 16.6 Å². The van der Waals surface area contributed by atoms with Gasteiger partial charge >= 0.3 is 0 Å². The maximum absolute atomic E-state index is 5.84. The zero-order valence-corrected chi connectivity index (χ0v) is 13.4. The van der Waals surface area contributed by atoms with E-state index >= 15 is 0 Å². The summed E-state index contributed by atoms with van der Waals surface area (Å²) >= 11 is 3.60. The van der Waals surface area contributed by atoms with Crippen LogP contribution >= 0.6 is 15.9 Å². The molecule has 0 unspecified atom stereocenters. The highest BCUT2D eigenvalue weighted by atomic mass is 79.9. The minimum atomic E-state index is 0.978. The van der Waals surface area contributed by atoms with Crippen LogP contribution in [0.3, 0.4) is 0 Å². The highest BCUT2D eigenvalue weighted by Crippen LogP contribution is 2.35. The Morgan fingerprint density at radius 3 is 2.80 bits per heavy atom. The van der Waals surface area contributed by atoms with Crippen LogP contribution in [-0.4, -0.2) is 4.98 Å². The fourth-order valence-corrected chi connectivity index (χ4v) is 3.67. The molecule has 0 radical (unpaired) electrons. The summed E-state index contributed by atoms with van der Waals surface area (Å²) in [7, 11) is 0. The van der Waals surface area contributed by atoms with E-state index in [4.69, 9.17) is 10.8 Å². The summed E-state index contributed by atoms with van der Waals surface area (Å²) < 4.78 is 1.09. The fraction of sp³-hybridized carbons (Fsp3) is 0.438. The molecule has 0 aliphatic heterocycles. The molecule has 3 N–H and O–H groups in total. The van der Waals surface area contributed by atoms with Gasteiger partial charge in [-0.15, -0.1) is 0 Å². The smallest absolute Gasteiger partial charge is 0.0759 e. The summed E-state index contributed by atoms with van der Waals surface area (Å²) in [4.78, 5) is 4.98. The van der Waals surface area contributed by atoms with E-state index < -0.39 is 0 Å². The second kappa shape index (κ2) is 5.70. The summed E-state index contributed by atoms with van der Waals surface area (Å²) in [6.07, 6.45) is 6.86. The van der Waals surface area contributed by atoms with Gasteiger partial charge in [0.25, 0.3) is 0 Å². The van der Waals surface area contributed by atoms with E-state index in [1.807, 2.05) is 0 Å². The number of nitrogens with two attached hydrogens (primary N) is 1. The Morgan fingerprint density at radius 1 is 1.25 bits per heavy atom. The third kappa shape index (κ3) is 2.31. The van der Waals surface area contributed by atoms with Crippen molar-refractivity contribution in [3.05, 3.63) is 33.4 Å². The zero-order chi connectivity index (χ0) is 14.1. The molecule has 20 heavy (non-hydrogen) atoms. The van der Waals surface area contributed by atoms with E-state index in [-0.39, 0.29) is 0 Å². The molecule has 1 aliphatic carbocycles. The van der Waals surface area contributed by atoms with Gasteiger partial charge in [0.15, 0.2) is 0 Å². The summed E-state index contributed by atoms with van der Waals surface area (Å²) in [5, 5.41) is 1.14. The zero-order valence-electron chi connectivity index (χ0n) is 11.8. The lowest BCUT2D eigenvalue weighted by atomic mass is 9.99. The lowest BCUT2D eigenvalue weighted by molar-refractivity contribution is 0.709. The van der Waals surface area contributed by atoms with Crippen LogP contribution in [-0.2, 0) is 19.3 Å². The lowest BCUT2D eigenvalue weighted by Gasteiger charge is -2.17. The van der Waals surface area contributed by atoms with Crippen molar-refractivity contribution in [3.63, 3.8) is 0 Å². The molecule has 1 aromatic carbocycles. The maximum atomic E-state index is 5.84. The van der Waals surface area contributed by atoms with Gasteiger partial charge in [-0.3, -0.25) is 10.8 Å². The lowest BCUT2D eigenvalue weighted by Crippen LogP contribution is -2.12. The second-order valence-corrected chi connectivity index (χ2v) is 6.35. The first kappa shape index (κ1) is 13.8. The third-order valence-electron chi connectivity index (χ3n) is 4.19. The molecule has 0 amide bonds. The molecule has 3 rings (SSSR count). The molecule has 2 aromatic rings. The molecule has 0 atom stereocenters. The SMILES string of the molecule is CCc1cc(Br)cc2c(NN)c3c(nc12)CCCCC3. The van der Waals surface area contributed by atoms with Gasteiger partial charge < -0.3 is 5.43 Å². The van der Waals surface area contributed by atoms with Gasteiger partial charge in [-0.1, -0.05) is 29.3 Å². The first-order valence-corrected chi connectivity index (χ1v) is 8.14. The summed E-state index contributed by atoms with van der Waals surface area (Å²) in [6.45, 7) is 2.17. The van der Waals surface area contributed by atoms with Gasteiger partial charge in [-0.2, -0.15) is 0 Å². The first-order chi connectivity index (χ1) is 9.74. The molecule has 0 saturated carbocycles. The van der Waals surface area contributed by atoms with Crippen molar-refractivity contribution in [2.24, 2.45) is 5.84 Å². The van der Waals surface area contributed by atoms with Crippen LogP contribution in [0.25, 0.3) is 10.9 Å². The highest BCUT2D eigenvalue weighted by Gasteiger charge is 2.18. The minimum absolute atomic E-state index is 0.978. The standard InChI is InChI=1S/C16H20BrN3/c1-2-10-8-11(17)9-13-15(10)19-14-7-5-3-4-6-12(14)16(13)20-18/h8-9H,2-7,18H2,1H3,(H,19,20). The van der Waals surface area contributed by atoms with E-state index in [0.29, 0.717) is 0 Å². The number of hydrogen-bond donors (Lipinski definition) is 2. The molecule has 0 saturated heterocycles. The molecular weight excluding hydrogens is 314 g/mol. The Hall–Kier alpha value is -1.13. The molecule has 1 aromatic heterocycles. The number of aromatic nitrogens is 1. The Kier molecular flexibility index (Phi) is 3.94. The van der Waals surface area contributed by atoms with Crippen molar-refractivity contribution in [1.29, 1.82) is 0 Å². The molecule has 0 spiro atoms. The van der Waals surface area contributed by atoms with Crippen LogP contribution in [0.5, 0.6) is 0 Å². The predicted octanol–water partition coefficient (Wildman–Crippen LogP) is 4.11. The average molecular weight is 334 g/mol. The molecule has 4 heteroatoms. The van der Waals surface area contributed by atoms with Crippen molar-refractivity contribution < 1.29 is 0 Å². The van der Waals surface area contributed by atoms with Crippen LogP contribution in [0, 0.1) is 0 Å². The van der Waals surface area contributed by atoms with Crippen LogP contribution in [0.2, 0.25) is 0 Å². The van der Waals surface area contributed by atoms with Crippen molar-refractivity contribution in [1.82, 2.24) is 4.98 Å². The number of hydrazine groups is 1. The normalized spacial score (nSPS) is 14.9. The number of nitrogens with one attached hydrogen (secondary N) is 1. The number of aryl methyl sites for hydroxylation is 2. The number of benzene rings is 1. The molecule has 3 nitrogen and oxygen atoms in total. The number of nitrogens with zero attached hydrogens (tertiary/aromatic N) is 1. The predicted molar refractivity (Wildman–Crippen MR) is 87.9 cm³/mol. The number of hydrogen-bond acceptors (Lipinski definition) is 3. The molecule has 1 aliphatic rings. The third-order valence-corrected chi connectivity index (χ3v) is 4.64.